The molecule has 188 valence electrons. The fourth-order valence-electron chi connectivity index (χ4n) is 12.1. The average Bonchev–Trinajstić information content (AvgIpc) is 3.63. The number of hydrogen-bond acceptors (Lipinski definition) is 0. The fourth-order valence-corrected chi connectivity index (χ4v) is 39.9. The van der Waals surface area contributed by atoms with E-state index in [0.29, 0.717) is 0 Å². The van der Waals surface area contributed by atoms with Crippen molar-refractivity contribution in [3.8, 4) is 0 Å². The van der Waals surface area contributed by atoms with Gasteiger partial charge in [0.15, 0.2) is 0 Å². The topological polar surface area (TPSA) is 0 Å². The standard InChI is InChI=1S/C35H30.2CH3.Hf/c1-19-15-27-25-9-5-7-21-11-13-23(31(21)25)17-29(27)33(19)35(3,4)34-20(2)16-28-26-10-6-8-22-12-14-24(32(22)26)18-30(28)34;;;/h5-10,15-18H,11-14H2,1-4H3;2*1H3;. The van der Waals surface area contributed by atoms with E-state index in [9.17, 15) is 0 Å². The van der Waals surface area contributed by atoms with Crippen molar-refractivity contribution in [1.82, 2.24) is 0 Å². The number of fused-ring (bicyclic) bond motifs is 6. The van der Waals surface area contributed by atoms with E-state index in [1.807, 2.05) is 0 Å². The molecule has 1 heteroatoms. The second-order valence-corrected chi connectivity index (χ2v) is 31.1. The van der Waals surface area contributed by atoms with E-state index in [-0.39, 0.29) is 11.8 Å². The maximum absolute atomic E-state index is 3.22. The van der Waals surface area contributed by atoms with Gasteiger partial charge in [-0.2, -0.15) is 0 Å². The van der Waals surface area contributed by atoms with Gasteiger partial charge >= 0.3 is 232 Å². The van der Waals surface area contributed by atoms with E-state index in [0.717, 1.165) is 0 Å². The summed E-state index contributed by atoms with van der Waals surface area (Å²) in [6.45, 7) is 10.3. The van der Waals surface area contributed by atoms with Gasteiger partial charge in [0.2, 0.25) is 0 Å². The molecule has 1 heterocycles. The molecule has 4 aromatic rings. The number of benzene rings is 4. The van der Waals surface area contributed by atoms with Crippen molar-refractivity contribution < 1.29 is 20.0 Å². The van der Waals surface area contributed by atoms with Crippen molar-refractivity contribution in [3.05, 3.63) is 104 Å². The Kier molecular flexibility index (Phi) is 3.89. The van der Waals surface area contributed by atoms with Crippen LogP contribution in [0.25, 0.3) is 33.7 Å². The van der Waals surface area contributed by atoms with Gasteiger partial charge in [-0.25, -0.2) is 0 Å². The number of hydrogen-bond donors (Lipinski definition) is 0. The summed E-state index contributed by atoms with van der Waals surface area (Å²) in [6.07, 6.45) is 10.1. The van der Waals surface area contributed by atoms with Crippen molar-refractivity contribution in [1.29, 1.82) is 0 Å². The van der Waals surface area contributed by atoms with E-state index < -0.39 is 20.0 Å². The zero-order valence-corrected chi connectivity index (χ0v) is 27.2. The second-order valence-electron chi connectivity index (χ2n) is 14.1. The van der Waals surface area contributed by atoms with Crippen LogP contribution in [0.15, 0.2) is 59.7 Å². The SMILES string of the molecule is CC1=Cc2c(cc3c4c(cccc24)CC3)[C]12C(C)(C)[C]1(C(C)=Cc3c1cc1c4c(cccc34)CC1)[Hf]2([CH3])[CH3]. The quantitative estimate of drug-likeness (QED) is 0.165. The average molecular weight is 659 g/mol. The Morgan fingerprint density at radius 3 is 1.45 bits per heavy atom. The fraction of sp³-hybridized carbons (Fsp3) is 0.351. The summed E-state index contributed by atoms with van der Waals surface area (Å²) >= 11 is -3.22. The van der Waals surface area contributed by atoms with Gasteiger partial charge in [0.1, 0.15) is 0 Å². The summed E-state index contributed by atoms with van der Waals surface area (Å²) in [5.74, 6) is 0. The normalized spacial score (nSPS) is 28.3. The summed E-state index contributed by atoms with van der Waals surface area (Å²) in [5, 5.41) is 6.19. The molecule has 2 atom stereocenters. The molecule has 4 aromatic carbocycles. The molecule has 1 fully saturated rings. The summed E-state index contributed by atoms with van der Waals surface area (Å²) in [7, 11) is 0. The van der Waals surface area contributed by atoms with Crippen molar-refractivity contribution in [2.45, 2.75) is 69.1 Å². The molecule has 1 saturated heterocycles. The van der Waals surface area contributed by atoms with Crippen LogP contribution in [0.1, 0.15) is 72.2 Å². The van der Waals surface area contributed by atoms with Gasteiger partial charge in [0.05, 0.1) is 0 Å². The minimum atomic E-state index is -3.22. The Balaban J connectivity index is 1.36. The van der Waals surface area contributed by atoms with Gasteiger partial charge in [-0.15, -0.1) is 0 Å². The molecule has 9 rings (SSSR count). The van der Waals surface area contributed by atoms with E-state index in [4.69, 9.17) is 0 Å². The molecule has 0 radical (unpaired) electrons. The number of aryl methyl sites for hydroxylation is 4. The van der Waals surface area contributed by atoms with Crippen LogP contribution < -0.4 is 0 Å². The molecular weight excluding hydrogens is 623 g/mol. The van der Waals surface area contributed by atoms with E-state index in [2.05, 4.69) is 97.7 Å². The monoisotopic (exact) mass is 660 g/mol. The predicted octanol–water partition coefficient (Wildman–Crippen LogP) is 9.40. The zero-order chi connectivity index (χ0) is 26.0. The number of rotatable bonds is 0. The van der Waals surface area contributed by atoms with Gasteiger partial charge in [0.25, 0.3) is 0 Å². The molecule has 0 aromatic heterocycles. The maximum atomic E-state index is 2.83. The Morgan fingerprint density at radius 1 is 0.605 bits per heavy atom. The van der Waals surface area contributed by atoms with Crippen LogP contribution in [0.3, 0.4) is 0 Å². The Labute approximate surface area is 231 Å². The molecule has 0 saturated carbocycles. The molecule has 5 aliphatic rings. The molecule has 38 heavy (non-hydrogen) atoms. The third kappa shape index (κ3) is 1.96. The van der Waals surface area contributed by atoms with Gasteiger partial charge in [-0.1, -0.05) is 0 Å². The van der Waals surface area contributed by atoms with Gasteiger partial charge in [-0.3, -0.25) is 0 Å². The van der Waals surface area contributed by atoms with Crippen LogP contribution >= 0.6 is 0 Å². The summed E-state index contributed by atoms with van der Waals surface area (Å²) < 4.78 is 6.12. The Hall–Kier alpha value is -2.25. The van der Waals surface area contributed by atoms with Crippen LogP contribution in [0.5, 0.6) is 0 Å². The molecule has 4 aliphatic carbocycles. The molecule has 2 unspecified atom stereocenters. The number of allylic oxidation sites excluding steroid dienone is 2. The molecule has 0 amide bonds. The van der Waals surface area contributed by atoms with Crippen LogP contribution in [0.2, 0.25) is 9.36 Å². The third-order valence-electron chi connectivity index (χ3n) is 12.5. The molecule has 0 nitrogen and oxygen atoms in total. The Bertz CT molecular complexity index is 1740. The summed E-state index contributed by atoms with van der Waals surface area (Å²) in [5.41, 5.74) is 16.3. The molecule has 0 bridgehead atoms. The van der Waals surface area contributed by atoms with Gasteiger partial charge in [-0.05, 0) is 0 Å². The van der Waals surface area contributed by atoms with Crippen molar-refractivity contribution in [2.24, 2.45) is 5.41 Å². The van der Waals surface area contributed by atoms with Crippen LogP contribution in [-0.2, 0) is 52.0 Å². The predicted molar refractivity (Wildman–Crippen MR) is 159 cm³/mol. The van der Waals surface area contributed by atoms with Crippen LogP contribution in [-0.4, -0.2) is 0 Å². The summed E-state index contributed by atoms with van der Waals surface area (Å²) in [4.78, 5) is 0. The van der Waals surface area contributed by atoms with Crippen molar-refractivity contribution in [3.63, 3.8) is 0 Å². The Morgan fingerprint density at radius 2 is 1.03 bits per heavy atom. The first-order chi connectivity index (χ1) is 18.2. The van der Waals surface area contributed by atoms with E-state index in [1.165, 1.54) is 36.5 Å². The summed E-state index contributed by atoms with van der Waals surface area (Å²) in [6, 6.07) is 19.6. The molecule has 2 spiro atoms. The minimum absolute atomic E-state index is 0.135. The van der Waals surface area contributed by atoms with E-state index >= 15 is 0 Å². The first-order valence-corrected chi connectivity index (χ1v) is 25.5. The van der Waals surface area contributed by atoms with Gasteiger partial charge in [0, 0.05) is 0 Å². The second kappa shape index (κ2) is 6.55. The van der Waals surface area contributed by atoms with Crippen molar-refractivity contribution in [2.75, 3.05) is 0 Å². The molecular formula is C37H36Hf. The van der Waals surface area contributed by atoms with Gasteiger partial charge < -0.3 is 0 Å². The van der Waals surface area contributed by atoms with Crippen LogP contribution in [0.4, 0.5) is 0 Å². The zero-order valence-electron chi connectivity index (χ0n) is 23.6. The first-order valence-electron chi connectivity index (χ1n) is 14.7. The molecule has 1 aliphatic heterocycles. The van der Waals surface area contributed by atoms with Crippen LogP contribution in [0, 0.1) is 5.41 Å². The first kappa shape index (κ1) is 22.6. The van der Waals surface area contributed by atoms with Crippen molar-refractivity contribution >= 4 is 33.7 Å². The molecule has 0 N–H and O–H groups in total. The third-order valence-corrected chi connectivity index (χ3v) is 35.3. The van der Waals surface area contributed by atoms with E-state index in [1.54, 1.807) is 66.4 Å².